The average Bonchev–Trinajstić information content (AvgIpc) is 3.07. The number of methoxy groups -OCH3 is 1. The fraction of sp³-hybridized carbons (Fsp3) is 0.407. The monoisotopic (exact) mass is 467 g/mol. The molecule has 182 valence electrons. The van der Waals surface area contributed by atoms with Gasteiger partial charge in [-0.05, 0) is 75.6 Å². The van der Waals surface area contributed by atoms with Crippen molar-refractivity contribution in [3.05, 3.63) is 64.7 Å². The normalized spacial score (nSPS) is 17.5. The summed E-state index contributed by atoms with van der Waals surface area (Å²) in [6, 6.07) is 11.7. The third kappa shape index (κ3) is 5.42. The van der Waals surface area contributed by atoms with Gasteiger partial charge in [0.2, 0.25) is 0 Å². The molecule has 34 heavy (non-hydrogen) atoms. The summed E-state index contributed by atoms with van der Waals surface area (Å²) in [5.74, 6) is -0.251. The molecule has 1 amide bonds. The second-order valence-corrected chi connectivity index (χ2v) is 8.46. The number of ether oxygens (including phenoxy) is 3. The Balaban J connectivity index is 2.06. The Morgan fingerprint density at radius 1 is 1.15 bits per heavy atom. The predicted octanol–water partition coefficient (Wildman–Crippen LogP) is 4.64. The molecule has 0 aliphatic carbocycles. The van der Waals surface area contributed by atoms with Gasteiger partial charge in [-0.25, -0.2) is 0 Å². The van der Waals surface area contributed by atoms with Gasteiger partial charge < -0.3 is 24.2 Å². The van der Waals surface area contributed by atoms with Gasteiger partial charge in [-0.3, -0.25) is 9.59 Å². The van der Waals surface area contributed by atoms with E-state index in [4.69, 9.17) is 14.2 Å². The van der Waals surface area contributed by atoms with Gasteiger partial charge in [-0.2, -0.15) is 0 Å². The molecule has 7 heteroatoms. The molecule has 0 saturated carbocycles. The number of rotatable bonds is 10. The summed E-state index contributed by atoms with van der Waals surface area (Å²) in [5.41, 5.74) is 2.03. The van der Waals surface area contributed by atoms with Gasteiger partial charge in [0.15, 0.2) is 0 Å². The second kappa shape index (κ2) is 11.2. The second-order valence-electron chi connectivity index (χ2n) is 8.46. The van der Waals surface area contributed by atoms with E-state index >= 15 is 0 Å². The number of carbonyl (C=O) groups excluding carboxylic acids is 2. The van der Waals surface area contributed by atoms with Crippen LogP contribution >= 0.6 is 0 Å². The van der Waals surface area contributed by atoms with Crippen LogP contribution < -0.4 is 9.47 Å². The SMILES string of the molecule is CCOc1ccc(/C(O)=C2/C(=O)C(=O)N(CCCOC(C)C)C2c2cccc(OC)c2)cc1C. The zero-order valence-electron chi connectivity index (χ0n) is 20.5. The van der Waals surface area contributed by atoms with E-state index in [1.807, 2.05) is 33.8 Å². The van der Waals surface area contributed by atoms with E-state index in [2.05, 4.69) is 0 Å². The van der Waals surface area contributed by atoms with Gasteiger partial charge in [0.1, 0.15) is 17.3 Å². The van der Waals surface area contributed by atoms with Gasteiger partial charge >= 0.3 is 0 Å². The first-order valence-corrected chi connectivity index (χ1v) is 11.6. The fourth-order valence-electron chi connectivity index (χ4n) is 4.09. The Bertz CT molecular complexity index is 1070. The molecule has 0 aromatic heterocycles. The molecular weight excluding hydrogens is 434 g/mol. The maximum absolute atomic E-state index is 13.2. The van der Waals surface area contributed by atoms with Crippen molar-refractivity contribution in [2.45, 2.75) is 46.3 Å². The minimum atomic E-state index is -0.735. The van der Waals surface area contributed by atoms with Crippen LogP contribution in [0.15, 0.2) is 48.0 Å². The van der Waals surface area contributed by atoms with E-state index in [-0.39, 0.29) is 17.4 Å². The molecule has 1 aliphatic heterocycles. The minimum Gasteiger partial charge on any atom is -0.507 e. The topological polar surface area (TPSA) is 85.3 Å². The number of benzene rings is 2. The number of ketones is 1. The maximum Gasteiger partial charge on any atom is 0.295 e. The van der Waals surface area contributed by atoms with E-state index in [1.54, 1.807) is 43.5 Å². The Labute approximate surface area is 200 Å². The standard InChI is InChI=1S/C27H33NO6/c1-6-33-22-12-11-20(15-18(22)4)25(29)23-24(19-9-7-10-21(16-19)32-5)28(27(31)26(23)30)13-8-14-34-17(2)3/h7,9-12,15-17,24,29H,6,8,13-14H2,1-5H3/b25-23-. The molecular formula is C27H33NO6. The summed E-state index contributed by atoms with van der Waals surface area (Å²) in [5, 5.41) is 11.3. The lowest BCUT2D eigenvalue weighted by molar-refractivity contribution is -0.140. The average molecular weight is 468 g/mol. The van der Waals surface area contributed by atoms with Crippen molar-refractivity contribution in [3.8, 4) is 11.5 Å². The summed E-state index contributed by atoms with van der Waals surface area (Å²) in [6.45, 7) is 8.96. The van der Waals surface area contributed by atoms with Crippen LogP contribution in [0.5, 0.6) is 11.5 Å². The van der Waals surface area contributed by atoms with Gasteiger partial charge in [-0.1, -0.05) is 12.1 Å². The molecule has 1 N–H and O–H groups in total. The van der Waals surface area contributed by atoms with Gasteiger partial charge in [0.25, 0.3) is 11.7 Å². The van der Waals surface area contributed by atoms with Crippen molar-refractivity contribution in [2.75, 3.05) is 26.9 Å². The number of aryl methyl sites for hydroxylation is 1. The predicted molar refractivity (Wildman–Crippen MR) is 130 cm³/mol. The van der Waals surface area contributed by atoms with E-state index in [1.165, 1.54) is 4.90 Å². The van der Waals surface area contributed by atoms with Crippen molar-refractivity contribution < 1.29 is 28.9 Å². The lowest BCUT2D eigenvalue weighted by atomic mass is 9.94. The largest absolute Gasteiger partial charge is 0.507 e. The van der Waals surface area contributed by atoms with Crippen molar-refractivity contribution in [3.63, 3.8) is 0 Å². The lowest BCUT2D eigenvalue weighted by Gasteiger charge is -2.26. The van der Waals surface area contributed by atoms with Crippen LogP contribution in [-0.4, -0.2) is 54.7 Å². The maximum atomic E-state index is 13.2. The van der Waals surface area contributed by atoms with Crippen LogP contribution in [-0.2, 0) is 14.3 Å². The summed E-state index contributed by atoms with van der Waals surface area (Å²) in [4.78, 5) is 27.7. The highest BCUT2D eigenvalue weighted by molar-refractivity contribution is 6.46. The van der Waals surface area contributed by atoms with E-state index in [0.29, 0.717) is 48.8 Å². The van der Waals surface area contributed by atoms with Gasteiger partial charge in [-0.15, -0.1) is 0 Å². The summed E-state index contributed by atoms with van der Waals surface area (Å²) >= 11 is 0. The van der Waals surface area contributed by atoms with Crippen LogP contribution in [0.4, 0.5) is 0 Å². The molecule has 3 rings (SSSR count). The summed E-state index contributed by atoms with van der Waals surface area (Å²) in [7, 11) is 1.56. The number of likely N-dealkylation sites (tertiary alicyclic amines) is 1. The summed E-state index contributed by atoms with van der Waals surface area (Å²) < 4.78 is 16.6. The lowest BCUT2D eigenvalue weighted by Crippen LogP contribution is -2.31. The molecule has 1 saturated heterocycles. The van der Waals surface area contributed by atoms with Crippen molar-refractivity contribution >= 4 is 17.4 Å². The number of aliphatic hydroxyl groups is 1. The Hall–Kier alpha value is -3.32. The van der Waals surface area contributed by atoms with E-state index in [9.17, 15) is 14.7 Å². The first-order valence-electron chi connectivity index (χ1n) is 11.6. The first-order chi connectivity index (χ1) is 16.3. The van der Waals surface area contributed by atoms with Crippen molar-refractivity contribution in [2.24, 2.45) is 0 Å². The summed E-state index contributed by atoms with van der Waals surface area (Å²) in [6.07, 6.45) is 0.640. The Morgan fingerprint density at radius 2 is 1.91 bits per heavy atom. The van der Waals surface area contributed by atoms with Crippen LogP contribution in [0.2, 0.25) is 0 Å². The zero-order chi connectivity index (χ0) is 24.8. The number of hydrogen-bond donors (Lipinski definition) is 1. The van der Waals surface area contributed by atoms with Crippen LogP contribution in [0.3, 0.4) is 0 Å². The first kappa shape index (κ1) is 25.3. The van der Waals surface area contributed by atoms with Crippen LogP contribution in [0.25, 0.3) is 5.76 Å². The smallest absolute Gasteiger partial charge is 0.295 e. The molecule has 7 nitrogen and oxygen atoms in total. The van der Waals surface area contributed by atoms with E-state index < -0.39 is 17.7 Å². The molecule has 0 spiro atoms. The molecule has 1 atom stereocenters. The molecule has 1 heterocycles. The number of Topliss-reactive ketones (excluding diaryl/α,β-unsaturated/α-hetero) is 1. The minimum absolute atomic E-state index is 0.0617. The third-order valence-corrected chi connectivity index (χ3v) is 5.69. The van der Waals surface area contributed by atoms with Gasteiger partial charge in [0.05, 0.1) is 31.4 Å². The number of aliphatic hydroxyl groups excluding tert-OH is 1. The Kier molecular flexibility index (Phi) is 8.34. The van der Waals surface area contributed by atoms with Crippen molar-refractivity contribution in [1.29, 1.82) is 0 Å². The highest BCUT2D eigenvalue weighted by Gasteiger charge is 2.45. The van der Waals surface area contributed by atoms with Crippen molar-refractivity contribution in [1.82, 2.24) is 4.90 Å². The number of hydrogen-bond acceptors (Lipinski definition) is 6. The number of nitrogens with zero attached hydrogens (tertiary/aromatic N) is 1. The highest BCUT2D eigenvalue weighted by Crippen LogP contribution is 2.40. The molecule has 1 unspecified atom stereocenters. The number of amides is 1. The molecule has 0 radical (unpaired) electrons. The fourth-order valence-corrected chi connectivity index (χ4v) is 4.09. The van der Waals surface area contributed by atoms with Crippen LogP contribution in [0.1, 0.15) is 49.9 Å². The highest BCUT2D eigenvalue weighted by atomic mass is 16.5. The number of carbonyl (C=O) groups is 2. The third-order valence-electron chi connectivity index (χ3n) is 5.69. The molecule has 0 bridgehead atoms. The Morgan fingerprint density at radius 3 is 2.56 bits per heavy atom. The molecule has 1 aliphatic rings. The molecule has 2 aromatic carbocycles. The molecule has 1 fully saturated rings. The van der Waals surface area contributed by atoms with Gasteiger partial charge in [0, 0.05) is 18.7 Å². The van der Waals surface area contributed by atoms with Crippen LogP contribution in [0, 0.1) is 6.92 Å². The molecule has 2 aromatic rings. The zero-order valence-corrected chi connectivity index (χ0v) is 20.5. The quantitative estimate of drug-likeness (QED) is 0.237. The van der Waals surface area contributed by atoms with E-state index in [0.717, 1.165) is 5.56 Å².